The van der Waals surface area contributed by atoms with Gasteiger partial charge in [-0.3, -0.25) is 4.79 Å². The predicted octanol–water partition coefficient (Wildman–Crippen LogP) is 10.4. The summed E-state index contributed by atoms with van der Waals surface area (Å²) in [4.78, 5) is 18.2. The average Bonchev–Trinajstić information content (AvgIpc) is 3.97. The molecule has 0 radical (unpaired) electrons. The molecule has 13 atom stereocenters. The van der Waals surface area contributed by atoms with Crippen LogP contribution in [0.15, 0.2) is 84.9 Å². The highest BCUT2D eigenvalue weighted by molar-refractivity contribution is 5.81. The Hall–Kier alpha value is -4.45. The number of ether oxygens (including phenoxy) is 6. The van der Waals surface area contributed by atoms with Crippen molar-refractivity contribution >= 4 is 5.78 Å². The summed E-state index contributed by atoms with van der Waals surface area (Å²) in [5, 5.41) is 12.3. The van der Waals surface area contributed by atoms with Crippen molar-refractivity contribution in [3.63, 3.8) is 0 Å². The van der Waals surface area contributed by atoms with Crippen LogP contribution in [0, 0.1) is 28.1 Å². The van der Waals surface area contributed by atoms with Crippen molar-refractivity contribution in [2.45, 2.75) is 171 Å². The normalized spacial score (nSPS) is 38.1. The van der Waals surface area contributed by atoms with E-state index in [0.717, 1.165) is 111 Å². The van der Waals surface area contributed by atoms with Crippen LogP contribution in [0.5, 0.6) is 23.0 Å². The molecular formula is C63H80N2O8. The van der Waals surface area contributed by atoms with E-state index < -0.39 is 16.8 Å². The molecule has 8 fully saturated rings. The van der Waals surface area contributed by atoms with E-state index in [2.05, 4.69) is 105 Å². The number of nitrogens with zero attached hydrogens (tertiary/aromatic N) is 2. The minimum Gasteiger partial charge on any atom is -0.485 e. The van der Waals surface area contributed by atoms with E-state index in [0.29, 0.717) is 25.3 Å². The lowest BCUT2D eigenvalue weighted by molar-refractivity contribution is -0.311. The molecule has 10 nitrogen and oxygen atoms in total. The first kappa shape index (κ1) is 49.4. The zero-order valence-corrected chi connectivity index (χ0v) is 44.1. The Balaban J connectivity index is 0.000000148. The van der Waals surface area contributed by atoms with Gasteiger partial charge in [0.05, 0.1) is 11.5 Å². The van der Waals surface area contributed by atoms with Gasteiger partial charge < -0.3 is 43.3 Å². The molecule has 16 rings (SSSR count). The molecule has 4 aromatic rings. The lowest BCUT2D eigenvalue weighted by Crippen LogP contribution is -2.83. The quantitative estimate of drug-likeness (QED) is 0.165. The zero-order valence-electron chi connectivity index (χ0n) is 44.1. The van der Waals surface area contributed by atoms with Gasteiger partial charge in [0.1, 0.15) is 42.4 Å². The minimum atomic E-state index is -0.907. The topological polar surface area (TPSA) is 99.2 Å². The number of rotatable bonds is 10. The van der Waals surface area contributed by atoms with Gasteiger partial charge in [0.25, 0.3) is 0 Å². The van der Waals surface area contributed by atoms with Crippen molar-refractivity contribution in [1.82, 2.24) is 9.80 Å². The lowest BCUT2D eigenvalue weighted by atomic mass is 9.33. The standard InChI is InChI=1S/C33H43NO4.C29H33NO4.CH4/c1-29(2,3)30(4,35)24-19-31-14-15-33(24,36-6)28-32(31)16-17-34(5)25(31)18-22-12-13-23(27(38-28)26(22)32)37-20-21-10-8-7-9-11-21;1-18(31)21-16-27-11-12-29(21,32-3)26-28(27)13-14-30(2)23(27)15-20-9-10-22(25(34-26)24(20)28)33-17-19-7-5-4-6-8-19;/h7-13,24-25,28,35H,14-20H2,1-6H3;4-10,21,23,26H,11-17H2,1-3H3;1H4/t24-,25?,28?,30?,31-,32?,33-;21-,23?,26?,27?,28?,29?;/m11./s1. The van der Waals surface area contributed by atoms with E-state index in [1.54, 1.807) is 14.0 Å². The molecule has 8 aliphatic carbocycles. The number of Topliss-reactive ketones (excluding diaryl/α,β-unsaturated/α-hetero) is 1. The molecule has 4 heterocycles. The van der Waals surface area contributed by atoms with Crippen molar-refractivity contribution in [3.8, 4) is 23.0 Å². The maximum absolute atomic E-state index is 13.0. The third-order valence-electron chi connectivity index (χ3n) is 22.4. The van der Waals surface area contributed by atoms with Crippen LogP contribution in [0.25, 0.3) is 0 Å². The first-order valence-electron chi connectivity index (χ1n) is 27.2. The Morgan fingerprint density at radius 3 is 1.55 bits per heavy atom. The number of fused-ring (bicyclic) bond motifs is 4. The van der Waals surface area contributed by atoms with Crippen LogP contribution < -0.4 is 18.9 Å². The van der Waals surface area contributed by atoms with Crippen LogP contribution in [0.4, 0.5) is 0 Å². The Morgan fingerprint density at radius 2 is 1.10 bits per heavy atom. The molecule has 9 unspecified atom stereocenters. The van der Waals surface area contributed by atoms with Crippen LogP contribution in [-0.2, 0) is 51.2 Å². The molecule has 390 valence electrons. The monoisotopic (exact) mass is 993 g/mol. The molecule has 0 aromatic heterocycles. The second kappa shape index (κ2) is 16.5. The highest BCUT2D eigenvalue weighted by atomic mass is 16.6. The molecule has 1 N–H and O–H groups in total. The molecule has 73 heavy (non-hydrogen) atoms. The van der Waals surface area contributed by atoms with Gasteiger partial charge in [0.2, 0.25) is 0 Å². The van der Waals surface area contributed by atoms with Crippen molar-refractivity contribution in [1.29, 1.82) is 0 Å². The van der Waals surface area contributed by atoms with Gasteiger partial charge in [-0.05, 0) is 145 Å². The molecule has 4 spiro atoms. The maximum Gasteiger partial charge on any atom is 0.166 e. The van der Waals surface area contributed by atoms with E-state index in [9.17, 15) is 9.90 Å². The van der Waals surface area contributed by atoms with Crippen molar-refractivity contribution in [2.75, 3.05) is 41.4 Å². The van der Waals surface area contributed by atoms with Gasteiger partial charge in [-0.2, -0.15) is 0 Å². The van der Waals surface area contributed by atoms with Crippen molar-refractivity contribution < 1.29 is 38.3 Å². The van der Waals surface area contributed by atoms with Crippen LogP contribution in [-0.4, -0.2) is 103 Å². The van der Waals surface area contributed by atoms with E-state index >= 15 is 0 Å². The minimum absolute atomic E-state index is 0. The Labute approximate surface area is 434 Å². The zero-order chi connectivity index (χ0) is 50.0. The van der Waals surface area contributed by atoms with Gasteiger partial charge >= 0.3 is 0 Å². The first-order chi connectivity index (χ1) is 34.5. The fourth-order valence-electron chi connectivity index (χ4n) is 18.7. The fourth-order valence-corrected chi connectivity index (χ4v) is 18.7. The van der Waals surface area contributed by atoms with Crippen LogP contribution in [0.2, 0.25) is 0 Å². The first-order valence-corrected chi connectivity index (χ1v) is 27.2. The predicted molar refractivity (Wildman–Crippen MR) is 283 cm³/mol. The smallest absolute Gasteiger partial charge is 0.166 e. The number of carbonyl (C=O) groups excluding carboxylic acids is 1. The molecule has 4 aliphatic heterocycles. The SMILES string of the molecule is C.COC12CCC3(C[C@@H]1C(C)=O)C1Cc4ccc(OCc5ccccc5)c5c4C3(CCN1C)C2O5.CO[C@]12CC[C@@]3(C[C@@H]1C(C)(O)C(C)(C)C)C1Cc4ccc(OCc5ccccc5)c5c4C3(CCN1C)C2O5. The summed E-state index contributed by atoms with van der Waals surface area (Å²) >= 11 is 0. The summed E-state index contributed by atoms with van der Waals surface area (Å²) in [6.45, 7) is 13.4. The maximum atomic E-state index is 13.0. The summed E-state index contributed by atoms with van der Waals surface area (Å²) in [5.74, 6) is 3.61. The summed E-state index contributed by atoms with van der Waals surface area (Å²) in [5.41, 5.74) is 5.40. The number of likely N-dealkylation sites (tertiary alicyclic amines) is 2. The number of likely N-dealkylation sites (N-methyl/N-ethyl adjacent to an activating group) is 2. The molecule has 10 heteroatoms. The van der Waals surface area contributed by atoms with Crippen molar-refractivity contribution in [2.24, 2.45) is 28.1 Å². The van der Waals surface area contributed by atoms with E-state index in [-0.39, 0.29) is 64.3 Å². The number of piperidine rings is 2. The highest BCUT2D eigenvalue weighted by Crippen LogP contribution is 2.79. The lowest BCUT2D eigenvalue weighted by Gasteiger charge is -2.75. The van der Waals surface area contributed by atoms with Crippen LogP contribution in [0.1, 0.15) is 127 Å². The van der Waals surface area contributed by atoms with Gasteiger partial charge in [0.15, 0.2) is 23.0 Å². The van der Waals surface area contributed by atoms with E-state index in [4.69, 9.17) is 28.4 Å². The van der Waals surface area contributed by atoms with Gasteiger partial charge in [-0.1, -0.05) is 101 Å². The van der Waals surface area contributed by atoms with E-state index in [1.807, 2.05) is 38.3 Å². The van der Waals surface area contributed by atoms with Gasteiger partial charge in [0, 0.05) is 65.0 Å². The number of ketones is 1. The van der Waals surface area contributed by atoms with Crippen molar-refractivity contribution in [3.05, 3.63) is 118 Å². The molecule has 2 saturated heterocycles. The second-order valence-corrected chi connectivity index (χ2v) is 25.4. The molecule has 0 amide bonds. The average molecular weight is 993 g/mol. The number of hydrogen-bond donors (Lipinski definition) is 1. The summed E-state index contributed by atoms with van der Waals surface area (Å²) in [6, 6.07) is 30.3. The molecule has 12 aliphatic rings. The summed E-state index contributed by atoms with van der Waals surface area (Å²) < 4.78 is 40.1. The third-order valence-corrected chi connectivity index (χ3v) is 22.4. The third kappa shape index (κ3) is 6.08. The van der Waals surface area contributed by atoms with Crippen LogP contribution in [0.3, 0.4) is 0 Å². The Bertz CT molecular complexity index is 2830. The molecular weight excluding hydrogens is 913 g/mol. The second-order valence-electron chi connectivity index (χ2n) is 25.4. The number of carbonyl (C=O) groups is 1. The van der Waals surface area contributed by atoms with Gasteiger partial charge in [-0.15, -0.1) is 0 Å². The Morgan fingerprint density at radius 1 is 0.644 bits per heavy atom. The number of hydrogen-bond acceptors (Lipinski definition) is 10. The van der Waals surface area contributed by atoms with E-state index in [1.165, 1.54) is 22.3 Å². The highest BCUT2D eigenvalue weighted by Gasteiger charge is 2.83. The number of methoxy groups -OCH3 is 2. The molecule has 8 bridgehead atoms. The molecule has 6 saturated carbocycles. The molecule has 4 aromatic carbocycles. The number of benzene rings is 4. The van der Waals surface area contributed by atoms with Gasteiger partial charge in [-0.25, -0.2) is 0 Å². The number of aliphatic hydroxyl groups is 1. The fraction of sp³-hybridized carbons (Fsp3) is 0.603. The Kier molecular flexibility index (Phi) is 11.2. The summed E-state index contributed by atoms with van der Waals surface area (Å²) in [7, 11) is 8.23. The van der Waals surface area contributed by atoms with Crippen LogP contribution >= 0.6 is 0 Å². The summed E-state index contributed by atoms with van der Waals surface area (Å²) in [6.07, 6.45) is 9.74. The largest absolute Gasteiger partial charge is 0.485 e.